The lowest BCUT2D eigenvalue weighted by Gasteiger charge is -2.30. The Bertz CT molecular complexity index is 280. The highest BCUT2D eigenvalue weighted by molar-refractivity contribution is 5.92. The zero-order valence-corrected chi connectivity index (χ0v) is 8.95. The maximum atomic E-state index is 6.07. The number of nitrogens with two attached hydrogens (primary N) is 2. The summed E-state index contributed by atoms with van der Waals surface area (Å²) in [6.07, 6.45) is 6.89. The van der Waals surface area contributed by atoms with Crippen LogP contribution in [0.5, 0.6) is 0 Å². The van der Waals surface area contributed by atoms with Gasteiger partial charge in [0.05, 0.1) is 0 Å². The summed E-state index contributed by atoms with van der Waals surface area (Å²) in [7, 11) is 0. The van der Waals surface area contributed by atoms with Crippen LogP contribution in [-0.4, -0.2) is 36.2 Å². The van der Waals surface area contributed by atoms with E-state index in [2.05, 4.69) is 15.2 Å². The van der Waals surface area contributed by atoms with Gasteiger partial charge in [-0.15, -0.1) is 0 Å². The van der Waals surface area contributed by atoms with E-state index in [0.29, 0.717) is 5.84 Å². The monoisotopic (exact) mass is 209 g/mol. The molecule has 2 heterocycles. The number of nitrogens with one attached hydrogen (secondary N) is 1. The molecule has 1 fully saturated rings. The lowest BCUT2D eigenvalue weighted by molar-refractivity contribution is 0.267. The number of likely N-dealkylation sites (tertiary alicyclic amines) is 1. The van der Waals surface area contributed by atoms with E-state index in [-0.39, 0.29) is 0 Å². The van der Waals surface area contributed by atoms with Gasteiger partial charge >= 0.3 is 0 Å². The molecule has 0 radical (unpaired) electrons. The molecular weight excluding hydrogens is 190 g/mol. The van der Waals surface area contributed by atoms with Crippen LogP contribution in [0.1, 0.15) is 19.3 Å². The molecule has 0 bridgehead atoms. The summed E-state index contributed by atoms with van der Waals surface area (Å²) in [6.45, 7) is 3.35. The molecule has 0 amide bonds. The molecule has 2 aliphatic rings. The molecule has 84 valence electrons. The molecule has 5 N–H and O–H groups in total. The molecule has 0 aromatic carbocycles. The number of hydrogen-bond acceptors (Lipinski definition) is 5. The number of rotatable bonds is 3. The van der Waals surface area contributed by atoms with Gasteiger partial charge in [0.1, 0.15) is 5.84 Å². The van der Waals surface area contributed by atoms with Gasteiger partial charge in [-0.2, -0.15) is 0 Å². The standard InChI is InChI=1S/C10H19N5/c11-9-3-5-13-10(12,14-9)4-8-15-6-1-2-7-15/h3,5,13H,1-2,4,6-8,12H2,(H2,11,14). The van der Waals surface area contributed by atoms with Crippen LogP contribution >= 0.6 is 0 Å². The zero-order valence-electron chi connectivity index (χ0n) is 8.95. The van der Waals surface area contributed by atoms with Crippen molar-refractivity contribution >= 4 is 5.84 Å². The molecule has 1 atom stereocenters. The summed E-state index contributed by atoms with van der Waals surface area (Å²) >= 11 is 0. The van der Waals surface area contributed by atoms with Gasteiger partial charge in [-0.3, -0.25) is 5.73 Å². The van der Waals surface area contributed by atoms with Crippen molar-refractivity contribution in [2.24, 2.45) is 16.5 Å². The normalized spacial score (nSPS) is 31.4. The quantitative estimate of drug-likeness (QED) is 0.588. The summed E-state index contributed by atoms with van der Waals surface area (Å²) in [5.41, 5.74) is 11.7. The Labute approximate surface area is 90.2 Å². The second-order valence-electron chi connectivity index (χ2n) is 4.24. The van der Waals surface area contributed by atoms with Crippen molar-refractivity contribution in [1.82, 2.24) is 10.2 Å². The Hall–Kier alpha value is -1.07. The van der Waals surface area contributed by atoms with Crippen LogP contribution in [0.2, 0.25) is 0 Å². The molecule has 5 nitrogen and oxygen atoms in total. The van der Waals surface area contributed by atoms with Crippen molar-refractivity contribution in [3.63, 3.8) is 0 Å². The van der Waals surface area contributed by atoms with Crippen molar-refractivity contribution < 1.29 is 0 Å². The SMILES string of the molecule is NC1=NC(N)(CCN2CCCC2)NC=C1. The second-order valence-corrected chi connectivity index (χ2v) is 4.24. The van der Waals surface area contributed by atoms with Crippen molar-refractivity contribution in [1.29, 1.82) is 0 Å². The lowest BCUT2D eigenvalue weighted by atomic mass is 10.2. The second kappa shape index (κ2) is 4.20. The van der Waals surface area contributed by atoms with Gasteiger partial charge < -0.3 is 16.0 Å². The molecule has 0 saturated carbocycles. The highest BCUT2D eigenvalue weighted by Crippen LogP contribution is 2.13. The van der Waals surface area contributed by atoms with Crippen molar-refractivity contribution in [2.75, 3.05) is 19.6 Å². The van der Waals surface area contributed by atoms with Gasteiger partial charge in [-0.05, 0) is 32.0 Å². The summed E-state index contributed by atoms with van der Waals surface area (Å²) in [5.74, 6) is -0.209. The number of hydrogen-bond donors (Lipinski definition) is 3. The highest BCUT2D eigenvalue weighted by Gasteiger charge is 2.25. The Kier molecular flexibility index (Phi) is 2.93. The van der Waals surface area contributed by atoms with E-state index in [9.17, 15) is 0 Å². The van der Waals surface area contributed by atoms with Gasteiger partial charge in [0.25, 0.3) is 0 Å². The van der Waals surface area contributed by atoms with Crippen LogP contribution in [-0.2, 0) is 0 Å². The van der Waals surface area contributed by atoms with E-state index in [0.717, 1.165) is 13.0 Å². The fourth-order valence-corrected chi connectivity index (χ4v) is 2.03. The molecule has 0 spiro atoms. The largest absolute Gasteiger partial charge is 0.384 e. The molecule has 5 heteroatoms. The minimum atomic E-state index is -0.707. The maximum absolute atomic E-state index is 6.07. The van der Waals surface area contributed by atoms with Gasteiger partial charge in [0.2, 0.25) is 0 Å². The average molecular weight is 209 g/mol. The molecule has 0 aromatic rings. The predicted molar refractivity (Wildman–Crippen MR) is 61.1 cm³/mol. The fourth-order valence-electron chi connectivity index (χ4n) is 2.03. The van der Waals surface area contributed by atoms with Crippen LogP contribution in [0.15, 0.2) is 17.3 Å². The molecule has 2 rings (SSSR count). The molecule has 2 aliphatic heterocycles. The van der Waals surface area contributed by atoms with Crippen molar-refractivity contribution in [3.05, 3.63) is 12.3 Å². The van der Waals surface area contributed by atoms with Crippen LogP contribution in [0.4, 0.5) is 0 Å². The van der Waals surface area contributed by atoms with E-state index in [4.69, 9.17) is 11.5 Å². The molecular formula is C10H19N5. The maximum Gasteiger partial charge on any atom is 0.185 e. The number of nitrogens with zero attached hydrogens (tertiary/aromatic N) is 2. The summed E-state index contributed by atoms with van der Waals surface area (Å²) in [5, 5.41) is 3.05. The summed E-state index contributed by atoms with van der Waals surface area (Å²) in [4.78, 5) is 6.64. The van der Waals surface area contributed by atoms with E-state index in [1.807, 2.05) is 0 Å². The smallest absolute Gasteiger partial charge is 0.185 e. The molecule has 1 unspecified atom stereocenters. The van der Waals surface area contributed by atoms with E-state index in [1.165, 1.54) is 25.9 Å². The lowest BCUT2D eigenvalue weighted by Crippen LogP contribution is -2.53. The molecule has 15 heavy (non-hydrogen) atoms. The van der Waals surface area contributed by atoms with Gasteiger partial charge in [-0.1, -0.05) is 0 Å². The van der Waals surface area contributed by atoms with Gasteiger partial charge in [0, 0.05) is 19.2 Å². The van der Waals surface area contributed by atoms with Crippen molar-refractivity contribution in [2.45, 2.75) is 25.0 Å². The third kappa shape index (κ3) is 2.70. The average Bonchev–Trinajstić information content (AvgIpc) is 2.67. The highest BCUT2D eigenvalue weighted by atomic mass is 15.3. The first-order chi connectivity index (χ1) is 7.18. The topological polar surface area (TPSA) is 79.7 Å². The minimum Gasteiger partial charge on any atom is -0.384 e. The number of aliphatic imine (C=N–C) groups is 1. The number of amidine groups is 1. The fraction of sp³-hybridized carbons (Fsp3) is 0.700. The van der Waals surface area contributed by atoms with Gasteiger partial charge in [-0.25, -0.2) is 4.99 Å². The van der Waals surface area contributed by atoms with E-state index in [1.54, 1.807) is 12.3 Å². The third-order valence-electron chi connectivity index (χ3n) is 2.92. The predicted octanol–water partition coefficient (Wildman–Crippen LogP) is -0.441. The van der Waals surface area contributed by atoms with E-state index < -0.39 is 5.79 Å². The van der Waals surface area contributed by atoms with Gasteiger partial charge in [0.15, 0.2) is 5.79 Å². The minimum absolute atomic E-state index is 0.498. The third-order valence-corrected chi connectivity index (χ3v) is 2.92. The first kappa shape index (κ1) is 10.4. The van der Waals surface area contributed by atoms with Crippen LogP contribution in [0.3, 0.4) is 0 Å². The van der Waals surface area contributed by atoms with Crippen LogP contribution < -0.4 is 16.8 Å². The Morgan fingerprint density at radius 3 is 2.87 bits per heavy atom. The Morgan fingerprint density at radius 2 is 2.20 bits per heavy atom. The zero-order chi connectivity index (χ0) is 10.7. The van der Waals surface area contributed by atoms with Crippen LogP contribution in [0.25, 0.3) is 0 Å². The van der Waals surface area contributed by atoms with Crippen LogP contribution in [0, 0.1) is 0 Å². The first-order valence-corrected chi connectivity index (χ1v) is 5.49. The summed E-state index contributed by atoms with van der Waals surface area (Å²) in [6, 6.07) is 0. The molecule has 1 saturated heterocycles. The molecule has 0 aliphatic carbocycles. The Balaban J connectivity index is 1.85. The molecule has 0 aromatic heterocycles. The van der Waals surface area contributed by atoms with E-state index >= 15 is 0 Å². The summed E-state index contributed by atoms with van der Waals surface area (Å²) < 4.78 is 0. The Morgan fingerprint density at radius 1 is 1.47 bits per heavy atom. The first-order valence-electron chi connectivity index (χ1n) is 5.49. The van der Waals surface area contributed by atoms with Crippen molar-refractivity contribution in [3.8, 4) is 0 Å².